The lowest BCUT2D eigenvalue weighted by Crippen LogP contribution is -2.50. The number of hydrogen-bond acceptors (Lipinski definition) is 4. The Balaban J connectivity index is 1.90. The van der Waals surface area contributed by atoms with E-state index >= 15 is 0 Å². The van der Waals surface area contributed by atoms with Crippen LogP contribution in [-0.4, -0.2) is 52.4 Å². The summed E-state index contributed by atoms with van der Waals surface area (Å²) in [6, 6.07) is -0.243. The molecule has 0 fully saturated rings. The van der Waals surface area contributed by atoms with E-state index in [9.17, 15) is 9.59 Å². The molecule has 0 radical (unpaired) electrons. The van der Waals surface area contributed by atoms with Crippen molar-refractivity contribution in [3.63, 3.8) is 0 Å². The van der Waals surface area contributed by atoms with Crippen LogP contribution in [0.4, 0.5) is 0 Å². The molecule has 0 spiro atoms. The number of rotatable bonds is 4. The fraction of sp³-hybridized carbons (Fsp3) is 0.615. The highest BCUT2D eigenvalue weighted by Gasteiger charge is 2.28. The monoisotopic (exact) mass is 279 g/mol. The van der Waals surface area contributed by atoms with E-state index in [4.69, 9.17) is 0 Å². The molecule has 0 bridgehead atoms. The van der Waals surface area contributed by atoms with Crippen molar-refractivity contribution >= 4 is 11.8 Å². The third-order valence-corrected chi connectivity index (χ3v) is 3.23. The summed E-state index contributed by atoms with van der Waals surface area (Å²) < 4.78 is 0. The first kappa shape index (κ1) is 14.5. The number of hydrogen-bond donors (Lipinski definition) is 3. The van der Waals surface area contributed by atoms with Gasteiger partial charge in [0.05, 0.1) is 30.3 Å². The minimum Gasteiger partial charge on any atom is -0.352 e. The van der Waals surface area contributed by atoms with Gasteiger partial charge in [-0.25, -0.2) is 4.98 Å². The van der Waals surface area contributed by atoms with Crippen LogP contribution in [0.15, 0.2) is 6.33 Å². The summed E-state index contributed by atoms with van der Waals surface area (Å²) in [4.78, 5) is 32.7. The van der Waals surface area contributed by atoms with Crippen LogP contribution >= 0.6 is 0 Å². The van der Waals surface area contributed by atoms with Crippen LogP contribution in [0.2, 0.25) is 0 Å². The van der Waals surface area contributed by atoms with E-state index in [2.05, 4.69) is 20.6 Å². The van der Waals surface area contributed by atoms with Gasteiger partial charge in [-0.15, -0.1) is 0 Å². The second kappa shape index (κ2) is 6.04. The first-order valence-electron chi connectivity index (χ1n) is 6.76. The molecule has 3 N–H and O–H groups in total. The van der Waals surface area contributed by atoms with Gasteiger partial charge in [0.1, 0.15) is 0 Å². The summed E-state index contributed by atoms with van der Waals surface area (Å²) in [6.07, 6.45) is 2.19. The molecule has 1 aliphatic rings. The first-order valence-corrected chi connectivity index (χ1v) is 6.76. The summed E-state index contributed by atoms with van der Waals surface area (Å²) >= 11 is 0. The molecule has 1 unspecified atom stereocenters. The summed E-state index contributed by atoms with van der Waals surface area (Å²) in [5.41, 5.74) is 1.94. The Morgan fingerprint density at radius 3 is 3.00 bits per heavy atom. The number of likely N-dealkylation sites (N-methyl/N-ethyl adjacent to an activating group) is 1. The molecule has 7 nitrogen and oxygen atoms in total. The maximum Gasteiger partial charge on any atom is 0.240 e. The van der Waals surface area contributed by atoms with Crippen molar-refractivity contribution in [2.45, 2.75) is 38.9 Å². The zero-order chi connectivity index (χ0) is 14.7. The normalized spacial score (nSPS) is 17.7. The van der Waals surface area contributed by atoms with Crippen LogP contribution in [0, 0.1) is 0 Å². The lowest BCUT2D eigenvalue weighted by Gasteiger charge is -2.27. The Kier molecular flexibility index (Phi) is 4.39. The van der Waals surface area contributed by atoms with Crippen LogP contribution < -0.4 is 10.6 Å². The number of imidazole rings is 1. The van der Waals surface area contributed by atoms with Crippen molar-refractivity contribution in [2.75, 3.05) is 13.6 Å². The maximum atomic E-state index is 12.3. The second-order valence-corrected chi connectivity index (χ2v) is 5.38. The number of carbonyl (C=O) groups is 2. The van der Waals surface area contributed by atoms with Gasteiger partial charge in [0.25, 0.3) is 0 Å². The molecule has 1 atom stereocenters. The van der Waals surface area contributed by atoms with E-state index in [1.165, 1.54) is 4.90 Å². The maximum absolute atomic E-state index is 12.3. The summed E-state index contributed by atoms with van der Waals surface area (Å²) in [5.74, 6) is -0.232. The highest BCUT2D eigenvalue weighted by atomic mass is 16.2. The van der Waals surface area contributed by atoms with Gasteiger partial charge in [0, 0.05) is 26.1 Å². The topological polar surface area (TPSA) is 90.1 Å². The lowest BCUT2D eigenvalue weighted by atomic mass is 10.0. The van der Waals surface area contributed by atoms with E-state index in [0.29, 0.717) is 13.0 Å². The first-order chi connectivity index (χ1) is 9.47. The Morgan fingerprint density at radius 1 is 1.55 bits per heavy atom. The molecule has 7 heteroatoms. The van der Waals surface area contributed by atoms with Gasteiger partial charge in [-0.1, -0.05) is 0 Å². The lowest BCUT2D eigenvalue weighted by molar-refractivity contribution is -0.136. The number of nitrogens with zero attached hydrogens (tertiary/aromatic N) is 2. The smallest absolute Gasteiger partial charge is 0.240 e. The predicted octanol–water partition coefficient (Wildman–Crippen LogP) is -0.593. The minimum atomic E-state index is -0.317. The van der Waals surface area contributed by atoms with Crippen LogP contribution in [0.5, 0.6) is 0 Å². The minimum absolute atomic E-state index is 0.0720. The van der Waals surface area contributed by atoms with Gasteiger partial charge in [-0.05, 0) is 13.8 Å². The molecule has 2 rings (SSSR count). The van der Waals surface area contributed by atoms with Gasteiger partial charge in [0.2, 0.25) is 11.8 Å². The molecule has 0 saturated heterocycles. The third kappa shape index (κ3) is 3.36. The average molecular weight is 279 g/mol. The van der Waals surface area contributed by atoms with Crippen molar-refractivity contribution in [3.05, 3.63) is 17.7 Å². The largest absolute Gasteiger partial charge is 0.352 e. The van der Waals surface area contributed by atoms with Crippen molar-refractivity contribution in [3.8, 4) is 0 Å². The van der Waals surface area contributed by atoms with Crippen LogP contribution in [0.1, 0.15) is 25.2 Å². The Labute approximate surface area is 118 Å². The zero-order valence-corrected chi connectivity index (χ0v) is 12.1. The SMILES string of the molecule is CC(C)NC(=O)CN(C)C(=O)C1Cc2nc[nH]c2CN1. The molecule has 0 saturated carbocycles. The van der Waals surface area contributed by atoms with Gasteiger partial charge in [-0.2, -0.15) is 0 Å². The predicted molar refractivity (Wildman–Crippen MR) is 73.8 cm³/mol. The van der Waals surface area contributed by atoms with Gasteiger partial charge >= 0.3 is 0 Å². The van der Waals surface area contributed by atoms with E-state index in [1.54, 1.807) is 13.4 Å². The van der Waals surface area contributed by atoms with E-state index in [0.717, 1.165) is 11.4 Å². The average Bonchev–Trinajstić information content (AvgIpc) is 2.83. The quantitative estimate of drug-likeness (QED) is 0.687. The molecule has 2 amide bonds. The molecule has 0 aromatic carbocycles. The fourth-order valence-electron chi connectivity index (χ4n) is 2.27. The van der Waals surface area contributed by atoms with Gasteiger partial charge in [0.15, 0.2) is 0 Å². The Bertz CT molecular complexity index is 497. The number of H-pyrrole nitrogens is 1. The summed E-state index contributed by atoms with van der Waals surface area (Å²) in [5, 5.41) is 5.93. The van der Waals surface area contributed by atoms with Gasteiger partial charge < -0.3 is 15.2 Å². The molecule has 1 aliphatic heterocycles. The third-order valence-electron chi connectivity index (χ3n) is 3.23. The highest BCUT2D eigenvalue weighted by Crippen LogP contribution is 2.13. The van der Waals surface area contributed by atoms with E-state index < -0.39 is 0 Å². The molecular weight excluding hydrogens is 258 g/mol. The zero-order valence-electron chi connectivity index (χ0n) is 12.1. The molecule has 2 heterocycles. The van der Waals surface area contributed by atoms with E-state index in [1.807, 2.05) is 13.8 Å². The van der Waals surface area contributed by atoms with Crippen LogP contribution in [0.3, 0.4) is 0 Å². The van der Waals surface area contributed by atoms with Crippen LogP contribution in [0.25, 0.3) is 0 Å². The summed E-state index contributed by atoms with van der Waals surface area (Å²) in [6.45, 7) is 4.45. The van der Waals surface area contributed by atoms with Crippen molar-refractivity contribution in [1.82, 2.24) is 25.5 Å². The van der Waals surface area contributed by atoms with E-state index in [-0.39, 0.29) is 30.4 Å². The highest BCUT2D eigenvalue weighted by molar-refractivity contribution is 5.87. The Morgan fingerprint density at radius 2 is 2.30 bits per heavy atom. The Hall–Kier alpha value is -1.89. The molecule has 1 aromatic rings. The summed E-state index contributed by atoms with van der Waals surface area (Å²) in [7, 11) is 1.64. The molecular formula is C13H21N5O2. The standard InChI is InChI=1S/C13H21N5O2/c1-8(2)17-12(19)6-18(3)13(20)10-4-9-11(5-14-10)16-7-15-9/h7-8,10,14H,4-6H2,1-3H3,(H,15,16)(H,17,19). The number of aromatic nitrogens is 2. The van der Waals surface area contributed by atoms with Gasteiger partial charge in [-0.3, -0.25) is 14.9 Å². The van der Waals surface area contributed by atoms with Crippen LogP contribution in [-0.2, 0) is 22.6 Å². The molecule has 0 aliphatic carbocycles. The molecule has 1 aromatic heterocycles. The number of amides is 2. The number of aromatic amines is 1. The second-order valence-electron chi connectivity index (χ2n) is 5.38. The van der Waals surface area contributed by atoms with Crippen molar-refractivity contribution in [2.24, 2.45) is 0 Å². The molecule has 20 heavy (non-hydrogen) atoms. The number of fused-ring (bicyclic) bond motifs is 1. The number of carbonyl (C=O) groups excluding carboxylic acids is 2. The fourth-order valence-corrected chi connectivity index (χ4v) is 2.27. The number of nitrogens with one attached hydrogen (secondary N) is 3. The van der Waals surface area contributed by atoms with Crippen molar-refractivity contribution < 1.29 is 9.59 Å². The van der Waals surface area contributed by atoms with Crippen molar-refractivity contribution in [1.29, 1.82) is 0 Å². The molecule has 110 valence electrons.